The molecule has 0 aliphatic rings. The fourth-order valence-electron chi connectivity index (χ4n) is 1.98. The third-order valence-corrected chi connectivity index (χ3v) is 3.20. The molecule has 0 aromatic heterocycles. The molecule has 4 nitrogen and oxygen atoms in total. The molecular formula is C17H20N2O2. The van der Waals surface area contributed by atoms with Crippen LogP contribution >= 0.6 is 0 Å². The number of urea groups is 1. The van der Waals surface area contributed by atoms with E-state index in [1.807, 2.05) is 61.5 Å². The lowest BCUT2D eigenvalue weighted by atomic mass is 10.1. The summed E-state index contributed by atoms with van der Waals surface area (Å²) in [6.45, 7) is 2.41. The molecular weight excluding hydrogens is 264 g/mol. The van der Waals surface area contributed by atoms with Crippen LogP contribution in [0.3, 0.4) is 0 Å². The molecule has 0 fully saturated rings. The zero-order valence-corrected chi connectivity index (χ0v) is 12.0. The average Bonchev–Trinajstić information content (AvgIpc) is 2.50. The van der Waals surface area contributed by atoms with Crippen LogP contribution < -0.4 is 10.6 Å². The van der Waals surface area contributed by atoms with E-state index in [1.165, 1.54) is 0 Å². The lowest BCUT2D eigenvalue weighted by Crippen LogP contribution is -2.30. The van der Waals surface area contributed by atoms with E-state index in [-0.39, 0.29) is 6.03 Å². The van der Waals surface area contributed by atoms with E-state index in [9.17, 15) is 9.90 Å². The first kappa shape index (κ1) is 15.1. The van der Waals surface area contributed by atoms with Crippen molar-refractivity contribution in [3.05, 3.63) is 65.7 Å². The molecule has 0 heterocycles. The molecule has 0 radical (unpaired) electrons. The van der Waals surface area contributed by atoms with E-state index in [2.05, 4.69) is 10.6 Å². The maximum absolute atomic E-state index is 11.7. The minimum absolute atomic E-state index is 0.265. The fraction of sp³-hybridized carbons (Fsp3) is 0.235. The molecule has 4 heteroatoms. The van der Waals surface area contributed by atoms with Crippen LogP contribution in [0.4, 0.5) is 10.5 Å². The van der Waals surface area contributed by atoms with Gasteiger partial charge in [-0.25, -0.2) is 4.79 Å². The van der Waals surface area contributed by atoms with Crippen molar-refractivity contribution >= 4 is 11.7 Å². The molecule has 0 unspecified atom stereocenters. The number of carbonyl (C=O) groups is 1. The number of rotatable bonds is 5. The SMILES string of the molecule is Cc1ccc(NC(=O)NCC[C@@H](O)c2ccccc2)cc1. The van der Waals surface area contributed by atoms with Gasteiger partial charge in [-0.3, -0.25) is 0 Å². The largest absolute Gasteiger partial charge is 0.388 e. The minimum Gasteiger partial charge on any atom is -0.388 e. The van der Waals surface area contributed by atoms with Crippen molar-refractivity contribution < 1.29 is 9.90 Å². The van der Waals surface area contributed by atoms with Gasteiger partial charge in [0.05, 0.1) is 6.10 Å². The van der Waals surface area contributed by atoms with Gasteiger partial charge in [0.25, 0.3) is 0 Å². The number of hydrogen-bond donors (Lipinski definition) is 3. The van der Waals surface area contributed by atoms with Crippen LogP contribution in [0.2, 0.25) is 0 Å². The standard InChI is InChI=1S/C17H20N2O2/c1-13-7-9-15(10-8-13)19-17(21)18-12-11-16(20)14-5-3-2-4-6-14/h2-10,16,20H,11-12H2,1H3,(H2,18,19,21)/t16-/m1/s1. The van der Waals surface area contributed by atoms with E-state index in [4.69, 9.17) is 0 Å². The maximum atomic E-state index is 11.7. The van der Waals surface area contributed by atoms with Crippen LogP contribution in [0.15, 0.2) is 54.6 Å². The maximum Gasteiger partial charge on any atom is 0.319 e. The lowest BCUT2D eigenvalue weighted by molar-refractivity contribution is 0.167. The molecule has 0 aliphatic carbocycles. The van der Waals surface area contributed by atoms with Crippen LogP contribution in [-0.2, 0) is 0 Å². The Morgan fingerprint density at radius 2 is 1.76 bits per heavy atom. The van der Waals surface area contributed by atoms with Gasteiger partial charge in [-0.2, -0.15) is 0 Å². The van der Waals surface area contributed by atoms with Crippen molar-refractivity contribution in [3.8, 4) is 0 Å². The van der Waals surface area contributed by atoms with Gasteiger partial charge in [0.15, 0.2) is 0 Å². The van der Waals surface area contributed by atoms with Crippen LogP contribution in [0.1, 0.15) is 23.7 Å². The van der Waals surface area contributed by atoms with E-state index in [1.54, 1.807) is 0 Å². The number of benzene rings is 2. The zero-order chi connectivity index (χ0) is 15.1. The average molecular weight is 284 g/mol. The van der Waals surface area contributed by atoms with Crippen LogP contribution in [0.5, 0.6) is 0 Å². The molecule has 0 bridgehead atoms. The number of nitrogens with one attached hydrogen (secondary N) is 2. The molecule has 0 saturated carbocycles. The normalized spacial score (nSPS) is 11.7. The first-order valence-electron chi connectivity index (χ1n) is 6.99. The Morgan fingerprint density at radius 1 is 1.10 bits per heavy atom. The third-order valence-electron chi connectivity index (χ3n) is 3.20. The topological polar surface area (TPSA) is 61.4 Å². The van der Waals surface area contributed by atoms with E-state index in [0.29, 0.717) is 13.0 Å². The predicted octanol–water partition coefficient (Wildman–Crippen LogP) is 3.24. The van der Waals surface area contributed by atoms with Crippen molar-refractivity contribution in [1.82, 2.24) is 5.32 Å². The molecule has 21 heavy (non-hydrogen) atoms. The van der Waals surface area contributed by atoms with E-state index >= 15 is 0 Å². The summed E-state index contributed by atoms with van der Waals surface area (Å²) in [5.41, 5.74) is 2.76. The molecule has 0 aliphatic heterocycles. The van der Waals surface area contributed by atoms with Crippen LogP contribution in [0, 0.1) is 6.92 Å². The molecule has 2 aromatic rings. The second kappa shape index (κ2) is 7.45. The number of aliphatic hydroxyl groups excluding tert-OH is 1. The number of carbonyl (C=O) groups excluding carboxylic acids is 1. The monoisotopic (exact) mass is 284 g/mol. The Hall–Kier alpha value is -2.33. The first-order valence-corrected chi connectivity index (χ1v) is 6.99. The molecule has 2 amide bonds. The van der Waals surface area contributed by atoms with Crippen molar-refractivity contribution in [1.29, 1.82) is 0 Å². The summed E-state index contributed by atoms with van der Waals surface area (Å²) in [4.78, 5) is 11.7. The number of anilines is 1. The summed E-state index contributed by atoms with van der Waals surface area (Å²) < 4.78 is 0. The molecule has 0 saturated heterocycles. The highest BCUT2D eigenvalue weighted by molar-refractivity contribution is 5.89. The summed E-state index contributed by atoms with van der Waals surface area (Å²) in [6.07, 6.45) is -0.0865. The Bertz CT molecular complexity index is 567. The first-order chi connectivity index (χ1) is 10.1. The summed E-state index contributed by atoms with van der Waals surface area (Å²) in [6, 6.07) is 16.7. The Morgan fingerprint density at radius 3 is 2.43 bits per heavy atom. The van der Waals surface area contributed by atoms with Crippen LogP contribution in [-0.4, -0.2) is 17.7 Å². The highest BCUT2D eigenvalue weighted by Gasteiger charge is 2.07. The van der Waals surface area contributed by atoms with E-state index in [0.717, 1.165) is 16.8 Å². The molecule has 0 spiro atoms. The summed E-state index contributed by atoms with van der Waals surface area (Å²) in [5.74, 6) is 0. The Balaban J connectivity index is 1.73. The van der Waals surface area contributed by atoms with Crippen molar-refractivity contribution in [2.75, 3.05) is 11.9 Å². The summed E-state index contributed by atoms with van der Waals surface area (Å²) >= 11 is 0. The zero-order valence-electron chi connectivity index (χ0n) is 12.0. The molecule has 1 atom stereocenters. The number of aliphatic hydroxyl groups is 1. The number of aryl methyl sites for hydroxylation is 1. The minimum atomic E-state index is -0.564. The van der Waals surface area contributed by atoms with E-state index < -0.39 is 6.10 Å². The smallest absolute Gasteiger partial charge is 0.319 e. The van der Waals surface area contributed by atoms with Gasteiger partial charge in [-0.15, -0.1) is 0 Å². The van der Waals surface area contributed by atoms with Crippen molar-refractivity contribution in [2.45, 2.75) is 19.4 Å². The van der Waals surface area contributed by atoms with Gasteiger partial charge >= 0.3 is 6.03 Å². The summed E-state index contributed by atoms with van der Waals surface area (Å²) in [5, 5.41) is 15.5. The van der Waals surface area contributed by atoms with Gasteiger partial charge < -0.3 is 15.7 Å². The quantitative estimate of drug-likeness (QED) is 0.789. The second-order valence-electron chi connectivity index (χ2n) is 4.96. The fourth-order valence-corrected chi connectivity index (χ4v) is 1.98. The molecule has 3 N–H and O–H groups in total. The van der Waals surface area contributed by atoms with Gasteiger partial charge in [0.2, 0.25) is 0 Å². The van der Waals surface area contributed by atoms with Crippen molar-refractivity contribution in [3.63, 3.8) is 0 Å². The number of amides is 2. The highest BCUT2D eigenvalue weighted by atomic mass is 16.3. The van der Waals surface area contributed by atoms with Gasteiger partial charge in [0, 0.05) is 12.2 Å². The Kier molecular flexibility index (Phi) is 5.35. The van der Waals surface area contributed by atoms with Gasteiger partial charge in [0.1, 0.15) is 0 Å². The van der Waals surface area contributed by atoms with Crippen molar-refractivity contribution in [2.24, 2.45) is 0 Å². The lowest BCUT2D eigenvalue weighted by Gasteiger charge is -2.12. The second-order valence-corrected chi connectivity index (χ2v) is 4.96. The molecule has 2 rings (SSSR count). The molecule has 110 valence electrons. The third kappa shape index (κ3) is 4.93. The van der Waals surface area contributed by atoms with Gasteiger partial charge in [-0.05, 0) is 31.0 Å². The highest BCUT2D eigenvalue weighted by Crippen LogP contribution is 2.15. The van der Waals surface area contributed by atoms with Crippen LogP contribution in [0.25, 0.3) is 0 Å². The number of hydrogen-bond acceptors (Lipinski definition) is 2. The Labute approximate surface area is 124 Å². The summed E-state index contributed by atoms with van der Waals surface area (Å²) in [7, 11) is 0. The predicted molar refractivity (Wildman–Crippen MR) is 84.2 cm³/mol. The molecule has 2 aromatic carbocycles. The van der Waals surface area contributed by atoms with Gasteiger partial charge in [-0.1, -0.05) is 48.0 Å².